The summed E-state index contributed by atoms with van der Waals surface area (Å²) in [7, 11) is 1.91. The lowest BCUT2D eigenvalue weighted by atomic mass is 10.3. The Morgan fingerprint density at radius 2 is 1.94 bits per heavy atom. The van der Waals surface area contributed by atoms with Crippen molar-refractivity contribution in [3.63, 3.8) is 0 Å². The average Bonchev–Trinajstić information content (AvgIpc) is 2.74. The molecule has 0 amide bonds. The summed E-state index contributed by atoms with van der Waals surface area (Å²) in [5.74, 6) is 0. The van der Waals surface area contributed by atoms with Crippen molar-refractivity contribution in [3.8, 4) is 0 Å². The van der Waals surface area contributed by atoms with Crippen LogP contribution in [-0.4, -0.2) is 21.3 Å². The van der Waals surface area contributed by atoms with Gasteiger partial charge in [-0.3, -0.25) is 9.67 Å². The lowest BCUT2D eigenvalue weighted by Crippen LogP contribution is -2.01. The van der Waals surface area contributed by atoms with Crippen molar-refractivity contribution in [2.45, 2.75) is 13.5 Å². The molecular formula is C12H17N5. The van der Waals surface area contributed by atoms with Gasteiger partial charge in [-0.15, -0.1) is 0 Å². The fraction of sp³-hybridized carbons (Fsp3) is 0.333. The first-order valence-electron chi connectivity index (χ1n) is 5.68. The molecule has 90 valence electrons. The van der Waals surface area contributed by atoms with E-state index in [2.05, 4.69) is 27.6 Å². The standard InChI is InChI=1S/C12H17N5/c1-3-14-11-4-12(8-13-7-11)15-5-10-6-16-17(2)9-10/h4,6-9,14-15H,3,5H2,1-2H3. The molecule has 2 aromatic heterocycles. The largest absolute Gasteiger partial charge is 0.384 e. The highest BCUT2D eigenvalue weighted by Gasteiger charge is 1.98. The maximum absolute atomic E-state index is 4.17. The van der Waals surface area contributed by atoms with Crippen LogP contribution in [0.25, 0.3) is 0 Å². The molecule has 0 aliphatic heterocycles. The van der Waals surface area contributed by atoms with Gasteiger partial charge < -0.3 is 10.6 Å². The van der Waals surface area contributed by atoms with Crippen LogP contribution < -0.4 is 10.6 Å². The highest BCUT2D eigenvalue weighted by atomic mass is 15.2. The molecule has 0 fully saturated rings. The van der Waals surface area contributed by atoms with Gasteiger partial charge in [-0.2, -0.15) is 5.10 Å². The second-order valence-electron chi connectivity index (χ2n) is 3.87. The molecule has 0 saturated heterocycles. The molecule has 0 atom stereocenters. The molecule has 5 heteroatoms. The molecule has 2 aromatic rings. The summed E-state index contributed by atoms with van der Waals surface area (Å²) in [5.41, 5.74) is 3.19. The van der Waals surface area contributed by atoms with E-state index in [9.17, 15) is 0 Å². The third kappa shape index (κ3) is 3.21. The van der Waals surface area contributed by atoms with Gasteiger partial charge in [-0.05, 0) is 13.0 Å². The Bertz CT molecular complexity index is 477. The lowest BCUT2D eigenvalue weighted by Gasteiger charge is -2.07. The summed E-state index contributed by atoms with van der Waals surface area (Å²) in [5, 5.41) is 10.7. The van der Waals surface area contributed by atoms with E-state index in [0.717, 1.165) is 30.0 Å². The summed E-state index contributed by atoms with van der Waals surface area (Å²) in [6, 6.07) is 2.05. The Morgan fingerprint density at radius 1 is 1.18 bits per heavy atom. The van der Waals surface area contributed by atoms with Gasteiger partial charge in [0.05, 0.1) is 30.0 Å². The van der Waals surface area contributed by atoms with Crippen molar-refractivity contribution in [3.05, 3.63) is 36.4 Å². The van der Waals surface area contributed by atoms with Gasteiger partial charge in [-0.1, -0.05) is 0 Å². The molecule has 0 aliphatic carbocycles. The first-order chi connectivity index (χ1) is 8.28. The Labute approximate surface area is 101 Å². The molecular weight excluding hydrogens is 214 g/mol. The minimum Gasteiger partial charge on any atom is -0.384 e. The number of aryl methyl sites for hydroxylation is 1. The molecule has 0 aliphatic rings. The van der Waals surface area contributed by atoms with Crippen molar-refractivity contribution < 1.29 is 0 Å². The third-order valence-electron chi connectivity index (χ3n) is 2.37. The number of anilines is 2. The molecule has 17 heavy (non-hydrogen) atoms. The molecule has 2 rings (SSSR count). The zero-order chi connectivity index (χ0) is 12.1. The minimum absolute atomic E-state index is 0.755. The Kier molecular flexibility index (Phi) is 3.59. The highest BCUT2D eigenvalue weighted by molar-refractivity contribution is 5.53. The molecule has 0 bridgehead atoms. The van der Waals surface area contributed by atoms with Crippen LogP contribution in [0, 0.1) is 0 Å². The highest BCUT2D eigenvalue weighted by Crippen LogP contribution is 2.13. The van der Waals surface area contributed by atoms with E-state index in [0.29, 0.717) is 0 Å². The van der Waals surface area contributed by atoms with Crippen LogP contribution in [0.2, 0.25) is 0 Å². The van der Waals surface area contributed by atoms with Crippen LogP contribution in [0.15, 0.2) is 30.9 Å². The molecule has 2 N–H and O–H groups in total. The average molecular weight is 231 g/mol. The number of hydrogen-bond acceptors (Lipinski definition) is 4. The maximum Gasteiger partial charge on any atom is 0.0550 e. The van der Waals surface area contributed by atoms with Crippen LogP contribution in [0.3, 0.4) is 0 Å². The number of hydrogen-bond donors (Lipinski definition) is 2. The predicted octanol–water partition coefficient (Wildman–Crippen LogP) is 1.86. The van der Waals surface area contributed by atoms with Gasteiger partial charge >= 0.3 is 0 Å². The third-order valence-corrected chi connectivity index (χ3v) is 2.37. The van der Waals surface area contributed by atoms with E-state index in [-0.39, 0.29) is 0 Å². The molecule has 0 aromatic carbocycles. The number of aromatic nitrogens is 3. The molecule has 0 saturated carbocycles. The Morgan fingerprint density at radius 3 is 2.59 bits per heavy atom. The predicted molar refractivity (Wildman–Crippen MR) is 68.9 cm³/mol. The molecule has 0 spiro atoms. The summed E-state index contributed by atoms with van der Waals surface area (Å²) in [6.45, 7) is 3.72. The van der Waals surface area contributed by atoms with Crippen LogP contribution in [0.1, 0.15) is 12.5 Å². The first kappa shape index (κ1) is 11.4. The van der Waals surface area contributed by atoms with Crippen molar-refractivity contribution >= 4 is 11.4 Å². The van der Waals surface area contributed by atoms with Crippen LogP contribution in [0.4, 0.5) is 11.4 Å². The van der Waals surface area contributed by atoms with Gasteiger partial charge in [0.1, 0.15) is 0 Å². The SMILES string of the molecule is CCNc1cncc(NCc2cnn(C)c2)c1. The zero-order valence-electron chi connectivity index (χ0n) is 10.1. The molecule has 5 nitrogen and oxygen atoms in total. The summed E-state index contributed by atoms with van der Waals surface area (Å²) in [6.07, 6.45) is 7.49. The van der Waals surface area contributed by atoms with Crippen molar-refractivity contribution in [2.75, 3.05) is 17.2 Å². The normalized spacial score (nSPS) is 10.2. The van der Waals surface area contributed by atoms with E-state index in [1.807, 2.05) is 37.9 Å². The second-order valence-corrected chi connectivity index (χ2v) is 3.87. The van der Waals surface area contributed by atoms with Crippen LogP contribution >= 0.6 is 0 Å². The fourth-order valence-electron chi connectivity index (χ4n) is 1.60. The van der Waals surface area contributed by atoms with Gasteiger partial charge in [0.2, 0.25) is 0 Å². The summed E-state index contributed by atoms with van der Waals surface area (Å²) in [4.78, 5) is 4.17. The van der Waals surface area contributed by atoms with E-state index < -0.39 is 0 Å². The monoisotopic (exact) mass is 231 g/mol. The van der Waals surface area contributed by atoms with Crippen molar-refractivity contribution in [2.24, 2.45) is 7.05 Å². The Hall–Kier alpha value is -2.04. The van der Waals surface area contributed by atoms with Gasteiger partial charge in [-0.25, -0.2) is 0 Å². The van der Waals surface area contributed by atoms with Gasteiger partial charge in [0.25, 0.3) is 0 Å². The lowest BCUT2D eigenvalue weighted by molar-refractivity contribution is 0.767. The number of pyridine rings is 1. The van der Waals surface area contributed by atoms with E-state index in [4.69, 9.17) is 0 Å². The van der Waals surface area contributed by atoms with E-state index >= 15 is 0 Å². The minimum atomic E-state index is 0.755. The van der Waals surface area contributed by atoms with Crippen LogP contribution in [-0.2, 0) is 13.6 Å². The summed E-state index contributed by atoms with van der Waals surface area (Å²) >= 11 is 0. The topological polar surface area (TPSA) is 54.8 Å². The smallest absolute Gasteiger partial charge is 0.0550 e. The van der Waals surface area contributed by atoms with E-state index in [1.165, 1.54) is 0 Å². The van der Waals surface area contributed by atoms with Crippen molar-refractivity contribution in [1.29, 1.82) is 0 Å². The van der Waals surface area contributed by atoms with E-state index in [1.54, 1.807) is 4.68 Å². The fourth-order valence-corrected chi connectivity index (χ4v) is 1.60. The van der Waals surface area contributed by atoms with Gasteiger partial charge in [0, 0.05) is 31.9 Å². The zero-order valence-corrected chi connectivity index (χ0v) is 10.1. The van der Waals surface area contributed by atoms with Crippen LogP contribution in [0.5, 0.6) is 0 Å². The molecule has 0 unspecified atom stereocenters. The maximum atomic E-state index is 4.17. The quantitative estimate of drug-likeness (QED) is 0.824. The Balaban J connectivity index is 1.96. The second kappa shape index (κ2) is 5.34. The van der Waals surface area contributed by atoms with Gasteiger partial charge in [0.15, 0.2) is 0 Å². The number of nitrogens with zero attached hydrogens (tertiary/aromatic N) is 3. The number of rotatable bonds is 5. The first-order valence-corrected chi connectivity index (χ1v) is 5.68. The number of nitrogens with one attached hydrogen (secondary N) is 2. The molecule has 0 radical (unpaired) electrons. The summed E-state index contributed by atoms with van der Waals surface area (Å²) < 4.78 is 1.80. The molecule has 2 heterocycles. The van der Waals surface area contributed by atoms with Crippen molar-refractivity contribution in [1.82, 2.24) is 14.8 Å².